The second-order valence-electron chi connectivity index (χ2n) is 9.63. The number of nitrogens with zero attached hydrogens (tertiary/aromatic N) is 5. The Morgan fingerprint density at radius 3 is 2.52 bits per heavy atom. The maximum absolute atomic E-state index is 11.7. The van der Waals surface area contributed by atoms with Gasteiger partial charge in [-0.2, -0.15) is 4.31 Å². The van der Waals surface area contributed by atoms with E-state index >= 15 is 0 Å². The first kappa shape index (κ1) is 22.3. The monoisotopic (exact) mass is 469 g/mol. The molecule has 3 unspecified atom stereocenters. The fraction of sp³-hybridized carbons (Fsp3) is 0.542. The zero-order chi connectivity index (χ0) is 23.2. The van der Waals surface area contributed by atoms with Gasteiger partial charge >= 0.3 is 0 Å². The molecule has 2 aliphatic heterocycles. The van der Waals surface area contributed by atoms with Gasteiger partial charge in [-0.3, -0.25) is 4.98 Å². The lowest BCUT2D eigenvalue weighted by molar-refractivity contribution is 0.269. The summed E-state index contributed by atoms with van der Waals surface area (Å²) >= 11 is 0. The van der Waals surface area contributed by atoms with Crippen molar-refractivity contribution in [1.82, 2.24) is 19.3 Å². The number of anilines is 1. The average Bonchev–Trinajstić information content (AvgIpc) is 3.18. The van der Waals surface area contributed by atoms with Gasteiger partial charge in [0.05, 0.1) is 24.8 Å². The Bertz CT molecular complexity index is 1150. The Hall–Kier alpha value is -2.52. The summed E-state index contributed by atoms with van der Waals surface area (Å²) in [4.78, 5) is 15.9. The quantitative estimate of drug-likeness (QED) is 0.616. The molecule has 176 valence electrons. The number of aryl methyl sites for hydroxylation is 1. The number of aromatic nitrogens is 3. The molecule has 33 heavy (non-hydrogen) atoms. The molecule has 0 N–H and O–H groups in total. The number of hydrogen-bond acceptors (Lipinski definition) is 7. The van der Waals surface area contributed by atoms with Gasteiger partial charge in [0, 0.05) is 44.5 Å². The standard InChI is InChI=1S/C24H31N5O3S/c1-4-17-11-26-23(27-12-17)28-14-20-21(24(20,2)16-28)15-32-19-5-6-22(25-13-19)18-7-9-29(10-8-18)33(3,30)31/h5-7,11-13,20-21H,4,8-10,14-16H2,1-3H3. The molecule has 9 heteroatoms. The summed E-state index contributed by atoms with van der Waals surface area (Å²) in [5.41, 5.74) is 3.38. The van der Waals surface area contributed by atoms with Crippen molar-refractivity contribution < 1.29 is 13.2 Å². The van der Waals surface area contributed by atoms with Crippen LogP contribution in [0.15, 0.2) is 36.8 Å². The number of piperidine rings is 1. The largest absolute Gasteiger partial charge is 0.492 e. The van der Waals surface area contributed by atoms with Crippen LogP contribution < -0.4 is 9.64 Å². The molecule has 0 aromatic carbocycles. The van der Waals surface area contributed by atoms with Crippen molar-refractivity contribution >= 4 is 21.5 Å². The topological polar surface area (TPSA) is 88.5 Å². The van der Waals surface area contributed by atoms with Gasteiger partial charge in [-0.25, -0.2) is 18.4 Å². The molecule has 2 fully saturated rings. The van der Waals surface area contributed by atoms with Crippen molar-refractivity contribution in [2.75, 3.05) is 43.9 Å². The Morgan fingerprint density at radius 2 is 1.97 bits per heavy atom. The SMILES string of the molecule is CCc1cnc(N2CC3C(COc4ccc(C5=CCN(S(C)(=O)=O)CC5)nc4)C3(C)C2)nc1. The predicted molar refractivity (Wildman–Crippen MR) is 127 cm³/mol. The number of pyridine rings is 1. The Balaban J connectivity index is 1.13. The normalized spacial score (nSPS) is 27.2. The molecule has 1 saturated carbocycles. The summed E-state index contributed by atoms with van der Waals surface area (Å²) in [7, 11) is -3.14. The Kier molecular flexibility index (Phi) is 5.64. The summed E-state index contributed by atoms with van der Waals surface area (Å²) in [5, 5.41) is 0. The smallest absolute Gasteiger partial charge is 0.225 e. The number of ether oxygens (including phenoxy) is 1. The van der Waals surface area contributed by atoms with Crippen molar-refractivity contribution in [3.05, 3.63) is 48.1 Å². The first-order chi connectivity index (χ1) is 15.8. The van der Waals surface area contributed by atoms with Crippen LogP contribution in [0.2, 0.25) is 0 Å². The molecule has 0 spiro atoms. The maximum atomic E-state index is 11.7. The van der Waals surface area contributed by atoms with Crippen LogP contribution in [0.4, 0.5) is 5.95 Å². The lowest BCUT2D eigenvalue weighted by atomic mass is 10.1. The van der Waals surface area contributed by atoms with Crippen molar-refractivity contribution in [2.24, 2.45) is 17.3 Å². The molecule has 0 radical (unpaired) electrons. The van der Waals surface area contributed by atoms with E-state index in [9.17, 15) is 8.42 Å². The van der Waals surface area contributed by atoms with Crippen molar-refractivity contribution in [3.8, 4) is 5.75 Å². The van der Waals surface area contributed by atoms with Crippen molar-refractivity contribution in [1.29, 1.82) is 0 Å². The fourth-order valence-corrected chi connectivity index (χ4v) is 5.99. The molecule has 1 saturated heterocycles. The van der Waals surface area contributed by atoms with E-state index in [2.05, 4.69) is 33.7 Å². The van der Waals surface area contributed by atoms with Crippen LogP contribution in [0.1, 0.15) is 31.5 Å². The zero-order valence-corrected chi connectivity index (χ0v) is 20.3. The number of rotatable bonds is 7. The molecule has 2 aromatic rings. The second-order valence-corrected chi connectivity index (χ2v) is 11.6. The van der Waals surface area contributed by atoms with E-state index in [-0.39, 0.29) is 5.41 Å². The third-order valence-corrected chi connectivity index (χ3v) is 8.81. The molecule has 0 amide bonds. The minimum Gasteiger partial charge on any atom is -0.492 e. The number of fused-ring (bicyclic) bond motifs is 1. The summed E-state index contributed by atoms with van der Waals surface area (Å²) in [6, 6.07) is 3.92. The molecule has 1 aliphatic carbocycles. The third kappa shape index (κ3) is 4.36. The number of sulfonamides is 1. The van der Waals surface area contributed by atoms with Gasteiger partial charge in [-0.15, -0.1) is 0 Å². The Labute approximate surface area is 195 Å². The van der Waals surface area contributed by atoms with Crippen LogP contribution in [0.25, 0.3) is 5.57 Å². The molecular formula is C24H31N5O3S. The van der Waals surface area contributed by atoms with Crippen LogP contribution >= 0.6 is 0 Å². The summed E-state index contributed by atoms with van der Waals surface area (Å²) < 4.78 is 30.9. The predicted octanol–water partition coefficient (Wildman–Crippen LogP) is 2.63. The van der Waals surface area contributed by atoms with Gasteiger partial charge in [0.1, 0.15) is 5.75 Å². The molecule has 3 aliphatic rings. The van der Waals surface area contributed by atoms with Gasteiger partial charge in [0.25, 0.3) is 0 Å². The summed E-state index contributed by atoms with van der Waals surface area (Å²) in [6.07, 6.45) is 10.5. The highest BCUT2D eigenvalue weighted by molar-refractivity contribution is 7.88. The van der Waals surface area contributed by atoms with Crippen LogP contribution in [0.5, 0.6) is 5.75 Å². The molecule has 4 heterocycles. The van der Waals surface area contributed by atoms with Gasteiger partial charge in [0.15, 0.2) is 0 Å². The highest BCUT2D eigenvalue weighted by atomic mass is 32.2. The molecule has 3 atom stereocenters. The highest BCUT2D eigenvalue weighted by Gasteiger charge is 2.66. The van der Waals surface area contributed by atoms with E-state index in [1.54, 1.807) is 6.20 Å². The summed E-state index contributed by atoms with van der Waals surface area (Å²) in [5.74, 6) is 2.74. The Morgan fingerprint density at radius 1 is 1.18 bits per heavy atom. The first-order valence-electron chi connectivity index (χ1n) is 11.6. The molecule has 5 rings (SSSR count). The highest BCUT2D eigenvalue weighted by Crippen LogP contribution is 2.63. The van der Waals surface area contributed by atoms with E-state index in [0.717, 1.165) is 48.0 Å². The van der Waals surface area contributed by atoms with Gasteiger partial charge in [-0.1, -0.05) is 19.9 Å². The van der Waals surface area contributed by atoms with Crippen molar-refractivity contribution in [3.63, 3.8) is 0 Å². The minimum atomic E-state index is -3.14. The molecule has 0 bridgehead atoms. The average molecular weight is 470 g/mol. The first-order valence-corrected chi connectivity index (χ1v) is 13.4. The van der Waals surface area contributed by atoms with E-state index in [4.69, 9.17) is 4.74 Å². The number of hydrogen-bond donors (Lipinski definition) is 0. The lowest BCUT2D eigenvalue weighted by Crippen LogP contribution is -2.33. The lowest BCUT2D eigenvalue weighted by Gasteiger charge is -2.24. The molecule has 8 nitrogen and oxygen atoms in total. The van der Waals surface area contributed by atoms with Crippen LogP contribution in [-0.4, -0.2) is 66.7 Å². The van der Waals surface area contributed by atoms with E-state index in [1.165, 1.54) is 10.6 Å². The van der Waals surface area contributed by atoms with Gasteiger partial charge < -0.3 is 9.64 Å². The van der Waals surface area contributed by atoms with E-state index < -0.39 is 10.0 Å². The second kappa shape index (κ2) is 8.36. The summed E-state index contributed by atoms with van der Waals surface area (Å²) in [6.45, 7) is 7.98. The fourth-order valence-electron chi connectivity index (χ4n) is 5.23. The van der Waals surface area contributed by atoms with Gasteiger partial charge in [-0.05, 0) is 47.4 Å². The van der Waals surface area contributed by atoms with E-state index in [1.807, 2.05) is 30.6 Å². The minimum absolute atomic E-state index is 0.249. The zero-order valence-electron chi connectivity index (χ0n) is 19.4. The molecule has 2 aromatic heterocycles. The molecular weight excluding hydrogens is 438 g/mol. The van der Waals surface area contributed by atoms with Crippen LogP contribution in [0, 0.1) is 17.3 Å². The van der Waals surface area contributed by atoms with E-state index in [0.29, 0.717) is 38.0 Å². The van der Waals surface area contributed by atoms with Crippen molar-refractivity contribution in [2.45, 2.75) is 26.7 Å². The van der Waals surface area contributed by atoms with Gasteiger partial charge in [0.2, 0.25) is 16.0 Å². The third-order valence-electron chi connectivity index (χ3n) is 7.54. The van der Waals surface area contributed by atoms with Crippen LogP contribution in [-0.2, 0) is 16.4 Å². The maximum Gasteiger partial charge on any atom is 0.225 e. The van der Waals surface area contributed by atoms with Crippen LogP contribution in [0.3, 0.4) is 0 Å².